The number of aliphatic hydroxyl groups excluding tert-OH is 1. The van der Waals surface area contributed by atoms with E-state index in [-0.39, 0.29) is 0 Å². The quantitative estimate of drug-likeness (QED) is 0.947. The molecule has 6 heteroatoms. The van der Waals surface area contributed by atoms with E-state index < -0.39 is 6.10 Å². The van der Waals surface area contributed by atoms with Gasteiger partial charge in [0.05, 0.1) is 18.2 Å². The lowest BCUT2D eigenvalue weighted by Crippen LogP contribution is -2.09. The van der Waals surface area contributed by atoms with Crippen LogP contribution in [-0.4, -0.2) is 27.9 Å². The summed E-state index contributed by atoms with van der Waals surface area (Å²) in [5.74, 6) is 1.70. The first-order chi connectivity index (χ1) is 10.2. The zero-order chi connectivity index (χ0) is 14.8. The molecule has 1 atom stereocenters. The van der Waals surface area contributed by atoms with Crippen LogP contribution in [0.4, 0.5) is 0 Å². The second-order valence-corrected chi connectivity index (χ2v) is 5.26. The van der Waals surface area contributed by atoms with Gasteiger partial charge in [-0.1, -0.05) is 11.6 Å². The Morgan fingerprint density at radius 3 is 3.00 bits per heavy atom. The minimum Gasteiger partial charge on any atom is -0.489 e. The summed E-state index contributed by atoms with van der Waals surface area (Å²) < 4.78 is 13.1. The van der Waals surface area contributed by atoms with E-state index in [9.17, 15) is 5.11 Å². The third-order valence-electron chi connectivity index (χ3n) is 3.47. The Morgan fingerprint density at radius 2 is 2.19 bits per heavy atom. The van der Waals surface area contributed by atoms with Gasteiger partial charge in [0, 0.05) is 25.4 Å². The maximum atomic E-state index is 10.6. The molecule has 0 spiro atoms. The van der Waals surface area contributed by atoms with Crippen LogP contribution in [0.5, 0.6) is 11.5 Å². The Balaban J connectivity index is 1.99. The first-order valence-electron chi connectivity index (χ1n) is 6.99. The molecule has 0 aliphatic carbocycles. The summed E-state index contributed by atoms with van der Waals surface area (Å²) in [6, 6.07) is 3.47. The monoisotopic (exact) mass is 308 g/mol. The predicted molar refractivity (Wildman–Crippen MR) is 79.0 cm³/mol. The minimum atomic E-state index is -0.852. The number of hydrogen-bond acceptors (Lipinski definition) is 4. The summed E-state index contributed by atoms with van der Waals surface area (Å²) in [5.41, 5.74) is 0.644. The van der Waals surface area contributed by atoms with Gasteiger partial charge in [-0.2, -0.15) is 0 Å². The predicted octanol–water partition coefficient (Wildman–Crippen LogP) is 2.80. The van der Waals surface area contributed by atoms with Gasteiger partial charge in [0.2, 0.25) is 0 Å². The lowest BCUT2D eigenvalue weighted by Gasteiger charge is -2.16. The summed E-state index contributed by atoms with van der Waals surface area (Å²) in [6.45, 7) is 3.89. The fourth-order valence-corrected chi connectivity index (χ4v) is 2.67. The molecule has 0 saturated carbocycles. The van der Waals surface area contributed by atoms with Gasteiger partial charge in [0.15, 0.2) is 11.5 Å². The highest BCUT2D eigenvalue weighted by Gasteiger charge is 2.21. The van der Waals surface area contributed by atoms with Crippen LogP contribution in [0.15, 0.2) is 24.5 Å². The molecule has 0 bridgehead atoms. The maximum Gasteiger partial charge on any atom is 0.179 e. The van der Waals surface area contributed by atoms with E-state index in [2.05, 4.69) is 4.98 Å². The number of aromatic nitrogens is 2. The largest absolute Gasteiger partial charge is 0.489 e. The van der Waals surface area contributed by atoms with E-state index in [1.807, 2.05) is 17.7 Å². The molecule has 2 heterocycles. The zero-order valence-corrected chi connectivity index (χ0v) is 12.5. The van der Waals surface area contributed by atoms with E-state index in [1.165, 1.54) is 0 Å². The Morgan fingerprint density at radius 1 is 1.38 bits per heavy atom. The number of hydrogen-bond donors (Lipinski definition) is 1. The molecule has 112 valence electrons. The van der Waals surface area contributed by atoms with E-state index in [1.54, 1.807) is 18.3 Å². The molecule has 0 amide bonds. The molecule has 1 aliphatic rings. The van der Waals surface area contributed by atoms with Crippen molar-refractivity contribution in [3.8, 4) is 11.5 Å². The highest BCUT2D eigenvalue weighted by molar-refractivity contribution is 6.32. The van der Waals surface area contributed by atoms with Crippen LogP contribution in [0.2, 0.25) is 5.02 Å². The van der Waals surface area contributed by atoms with E-state index in [0.717, 1.165) is 13.0 Å². The van der Waals surface area contributed by atoms with Gasteiger partial charge < -0.3 is 19.1 Å². The van der Waals surface area contributed by atoms with Crippen LogP contribution >= 0.6 is 11.6 Å². The van der Waals surface area contributed by atoms with Crippen molar-refractivity contribution in [2.75, 3.05) is 13.2 Å². The average Bonchev–Trinajstić information content (AvgIpc) is 2.83. The summed E-state index contributed by atoms with van der Waals surface area (Å²) >= 11 is 6.26. The number of ether oxygens (including phenoxy) is 2. The standard InChI is InChI=1S/C15H17ClN2O3/c1-2-18-5-4-17-15(18)13(19)10-8-11(16)14-12(9-10)20-6-3-7-21-14/h4-5,8-9,13,19H,2-3,6-7H2,1H3. The molecule has 0 saturated heterocycles. The topological polar surface area (TPSA) is 56.5 Å². The Kier molecular flexibility index (Phi) is 4.03. The number of aryl methyl sites for hydroxylation is 1. The van der Waals surface area contributed by atoms with Crippen LogP contribution in [0.1, 0.15) is 30.8 Å². The van der Waals surface area contributed by atoms with Crippen LogP contribution in [0.25, 0.3) is 0 Å². The number of imidazole rings is 1. The van der Waals surface area contributed by atoms with Crippen molar-refractivity contribution in [3.05, 3.63) is 40.9 Å². The number of rotatable bonds is 3. The molecule has 1 aromatic carbocycles. The highest BCUT2D eigenvalue weighted by Crippen LogP contribution is 2.40. The van der Waals surface area contributed by atoms with Crippen LogP contribution in [0, 0.1) is 0 Å². The Hall–Kier alpha value is -1.72. The molecular weight excluding hydrogens is 292 g/mol. The van der Waals surface area contributed by atoms with E-state index in [0.29, 0.717) is 41.1 Å². The maximum absolute atomic E-state index is 10.6. The molecule has 1 N–H and O–H groups in total. The summed E-state index contributed by atoms with van der Waals surface area (Å²) in [6.07, 6.45) is 3.47. The molecule has 2 aromatic rings. The number of benzene rings is 1. The number of halogens is 1. The Bertz CT molecular complexity index is 642. The van der Waals surface area contributed by atoms with E-state index in [4.69, 9.17) is 21.1 Å². The normalized spacial score (nSPS) is 15.6. The van der Waals surface area contributed by atoms with Crippen LogP contribution in [0.3, 0.4) is 0 Å². The molecule has 5 nitrogen and oxygen atoms in total. The van der Waals surface area contributed by atoms with Gasteiger partial charge in [-0.05, 0) is 24.6 Å². The zero-order valence-electron chi connectivity index (χ0n) is 11.8. The molecule has 0 fully saturated rings. The molecule has 1 aliphatic heterocycles. The van der Waals surface area contributed by atoms with Crippen LogP contribution in [-0.2, 0) is 6.54 Å². The minimum absolute atomic E-state index is 0.443. The van der Waals surface area contributed by atoms with Crippen molar-refractivity contribution in [2.24, 2.45) is 0 Å². The van der Waals surface area contributed by atoms with Crippen molar-refractivity contribution >= 4 is 11.6 Å². The summed E-state index contributed by atoms with van der Waals surface area (Å²) in [7, 11) is 0. The lowest BCUT2D eigenvalue weighted by molar-refractivity contribution is 0.204. The second kappa shape index (κ2) is 5.95. The lowest BCUT2D eigenvalue weighted by atomic mass is 10.1. The second-order valence-electron chi connectivity index (χ2n) is 4.85. The van der Waals surface area contributed by atoms with Crippen molar-refractivity contribution in [1.29, 1.82) is 0 Å². The van der Waals surface area contributed by atoms with Gasteiger partial charge in [-0.25, -0.2) is 4.98 Å². The number of fused-ring (bicyclic) bond motifs is 1. The van der Waals surface area contributed by atoms with Gasteiger partial charge in [0.1, 0.15) is 11.9 Å². The number of nitrogens with zero attached hydrogens (tertiary/aromatic N) is 2. The first kappa shape index (κ1) is 14.2. The molecule has 1 aromatic heterocycles. The smallest absolute Gasteiger partial charge is 0.179 e. The van der Waals surface area contributed by atoms with Crippen LogP contribution < -0.4 is 9.47 Å². The third kappa shape index (κ3) is 2.71. The van der Waals surface area contributed by atoms with Crippen molar-refractivity contribution in [3.63, 3.8) is 0 Å². The van der Waals surface area contributed by atoms with Crippen molar-refractivity contribution in [2.45, 2.75) is 26.0 Å². The number of aliphatic hydroxyl groups is 1. The molecule has 3 rings (SSSR count). The first-order valence-corrected chi connectivity index (χ1v) is 7.36. The molecule has 0 radical (unpaired) electrons. The van der Waals surface area contributed by atoms with Gasteiger partial charge in [-0.15, -0.1) is 0 Å². The molecular formula is C15H17ClN2O3. The van der Waals surface area contributed by atoms with E-state index >= 15 is 0 Å². The molecule has 1 unspecified atom stereocenters. The SMILES string of the molecule is CCn1ccnc1C(O)c1cc(Cl)c2c(c1)OCCCO2. The molecule has 21 heavy (non-hydrogen) atoms. The fourth-order valence-electron chi connectivity index (χ4n) is 2.39. The highest BCUT2D eigenvalue weighted by atomic mass is 35.5. The van der Waals surface area contributed by atoms with Gasteiger partial charge >= 0.3 is 0 Å². The van der Waals surface area contributed by atoms with Crippen molar-refractivity contribution < 1.29 is 14.6 Å². The van der Waals surface area contributed by atoms with Crippen molar-refractivity contribution in [1.82, 2.24) is 9.55 Å². The van der Waals surface area contributed by atoms with Gasteiger partial charge in [-0.3, -0.25) is 0 Å². The third-order valence-corrected chi connectivity index (χ3v) is 3.75. The van der Waals surface area contributed by atoms with Gasteiger partial charge in [0.25, 0.3) is 0 Å². The fraction of sp³-hybridized carbons (Fsp3) is 0.400. The summed E-state index contributed by atoms with van der Waals surface area (Å²) in [5, 5.41) is 11.0. The average molecular weight is 309 g/mol. The summed E-state index contributed by atoms with van der Waals surface area (Å²) in [4.78, 5) is 4.22. The Labute approximate surface area is 128 Å².